The van der Waals surface area contributed by atoms with Crippen LogP contribution in [0.3, 0.4) is 0 Å². The van der Waals surface area contributed by atoms with Gasteiger partial charge in [-0.15, -0.1) is 0 Å². The fourth-order valence-electron chi connectivity index (χ4n) is 2.77. The van der Waals surface area contributed by atoms with Crippen LogP contribution in [0.2, 0.25) is 0 Å². The van der Waals surface area contributed by atoms with Crippen LogP contribution < -0.4 is 10.0 Å². The van der Waals surface area contributed by atoms with Gasteiger partial charge in [-0.25, -0.2) is 8.42 Å². The van der Waals surface area contributed by atoms with Gasteiger partial charge in [-0.2, -0.15) is 16.5 Å². The van der Waals surface area contributed by atoms with Crippen LogP contribution >= 0.6 is 11.8 Å². The molecule has 29 heavy (non-hydrogen) atoms. The van der Waals surface area contributed by atoms with E-state index in [9.17, 15) is 13.2 Å². The molecule has 0 fully saturated rings. The lowest BCUT2D eigenvalue weighted by molar-refractivity contribution is -0.123. The molecule has 2 unspecified atom stereocenters. The van der Waals surface area contributed by atoms with Gasteiger partial charge in [0.2, 0.25) is 15.9 Å². The number of carbonyl (C=O) groups is 1. The van der Waals surface area contributed by atoms with Gasteiger partial charge in [0.15, 0.2) is 0 Å². The highest BCUT2D eigenvalue weighted by molar-refractivity contribution is 7.98. The van der Waals surface area contributed by atoms with Gasteiger partial charge in [0.05, 0.1) is 10.9 Å². The van der Waals surface area contributed by atoms with E-state index in [-0.39, 0.29) is 4.90 Å². The van der Waals surface area contributed by atoms with Crippen molar-refractivity contribution in [1.82, 2.24) is 10.0 Å². The molecule has 1 heterocycles. The second-order valence-electron chi connectivity index (χ2n) is 6.56. The average Bonchev–Trinajstić information content (AvgIpc) is 3.15. The predicted octanol–water partition coefficient (Wildman–Crippen LogP) is 2.88. The molecule has 1 amide bonds. The fraction of sp³-hybridized carbons (Fsp3) is 0.450. The zero-order chi connectivity index (χ0) is 21.3. The Labute approximate surface area is 176 Å². The lowest BCUT2D eigenvalue weighted by Gasteiger charge is -2.22. The van der Waals surface area contributed by atoms with Crippen LogP contribution in [0.5, 0.6) is 0 Å². The largest absolute Gasteiger partial charge is 0.464 e. The predicted molar refractivity (Wildman–Crippen MR) is 114 cm³/mol. The third-order valence-corrected chi connectivity index (χ3v) is 6.44. The second-order valence-corrected chi connectivity index (χ2v) is 9.26. The highest BCUT2D eigenvalue weighted by Crippen LogP contribution is 2.20. The van der Waals surface area contributed by atoms with E-state index in [1.165, 1.54) is 12.1 Å². The molecule has 2 rings (SSSR count). The molecule has 1 aromatic carbocycles. The molecule has 1 aromatic heterocycles. The molecule has 0 aliphatic rings. The van der Waals surface area contributed by atoms with Crippen molar-refractivity contribution in [3.8, 4) is 0 Å². The Morgan fingerprint density at radius 3 is 2.48 bits per heavy atom. The topological polar surface area (TPSA) is 97.6 Å². The van der Waals surface area contributed by atoms with Crippen molar-refractivity contribution in [2.24, 2.45) is 0 Å². The SMILES string of the molecule is COCCC(NC(=O)C(CCSC)NS(=O)(=O)c1ccccc1)c1ccc(C)o1. The number of aryl methyl sites for hydroxylation is 1. The van der Waals surface area contributed by atoms with Gasteiger partial charge >= 0.3 is 0 Å². The molecule has 2 aromatic rings. The van der Waals surface area contributed by atoms with Crippen molar-refractivity contribution in [3.05, 3.63) is 54.0 Å². The molecule has 0 saturated heterocycles. The Morgan fingerprint density at radius 1 is 1.17 bits per heavy atom. The Hall–Kier alpha value is -1.81. The maximum Gasteiger partial charge on any atom is 0.241 e. The van der Waals surface area contributed by atoms with Crippen LogP contribution in [0.25, 0.3) is 0 Å². The van der Waals surface area contributed by atoms with Crippen LogP contribution in [0.1, 0.15) is 30.4 Å². The van der Waals surface area contributed by atoms with E-state index < -0.39 is 28.0 Å². The third kappa shape index (κ3) is 7.18. The van der Waals surface area contributed by atoms with Crippen molar-refractivity contribution in [1.29, 1.82) is 0 Å². The van der Waals surface area contributed by atoms with Crippen LogP contribution in [-0.2, 0) is 19.6 Å². The highest BCUT2D eigenvalue weighted by atomic mass is 32.2. The summed E-state index contributed by atoms with van der Waals surface area (Å²) in [5.41, 5.74) is 0. The molecule has 0 aliphatic carbocycles. The van der Waals surface area contributed by atoms with Crippen LogP contribution in [0.4, 0.5) is 0 Å². The summed E-state index contributed by atoms with van der Waals surface area (Å²) in [6.45, 7) is 2.25. The normalized spacial score (nSPS) is 13.8. The van der Waals surface area contributed by atoms with Gasteiger partial charge in [0, 0.05) is 13.7 Å². The number of hydrogen-bond acceptors (Lipinski definition) is 6. The molecule has 0 spiro atoms. The summed E-state index contributed by atoms with van der Waals surface area (Å²) in [5.74, 6) is 1.59. The first-order valence-electron chi connectivity index (χ1n) is 9.29. The molecule has 160 valence electrons. The van der Waals surface area contributed by atoms with E-state index in [0.29, 0.717) is 31.0 Å². The zero-order valence-electron chi connectivity index (χ0n) is 16.9. The average molecular weight is 441 g/mol. The molecule has 2 atom stereocenters. The van der Waals surface area contributed by atoms with E-state index in [1.54, 1.807) is 43.1 Å². The first-order chi connectivity index (χ1) is 13.9. The quantitative estimate of drug-likeness (QED) is 0.527. The summed E-state index contributed by atoms with van der Waals surface area (Å²) < 4.78 is 38.8. The number of amides is 1. The smallest absolute Gasteiger partial charge is 0.241 e. The first-order valence-corrected chi connectivity index (χ1v) is 12.2. The Balaban J connectivity index is 2.17. The highest BCUT2D eigenvalue weighted by Gasteiger charge is 2.28. The molecule has 0 saturated carbocycles. The maximum absolute atomic E-state index is 13.0. The van der Waals surface area contributed by atoms with Crippen LogP contribution in [-0.4, -0.2) is 46.1 Å². The number of methoxy groups -OCH3 is 1. The lowest BCUT2D eigenvalue weighted by atomic mass is 10.1. The summed E-state index contributed by atoms with van der Waals surface area (Å²) in [6, 6.07) is 10.4. The standard InChI is InChI=1S/C20H28N2O5S2/c1-15-9-10-19(27-15)17(11-13-26-2)21-20(23)18(12-14-28-3)22-29(24,25)16-7-5-4-6-8-16/h4-10,17-18,22H,11-14H2,1-3H3,(H,21,23). The number of carbonyl (C=O) groups excluding carboxylic acids is 1. The summed E-state index contributed by atoms with van der Waals surface area (Å²) in [5, 5.41) is 2.92. The fourth-order valence-corrected chi connectivity index (χ4v) is 4.49. The minimum Gasteiger partial charge on any atom is -0.464 e. The zero-order valence-corrected chi connectivity index (χ0v) is 18.5. The lowest BCUT2D eigenvalue weighted by Crippen LogP contribution is -2.48. The molecule has 0 bridgehead atoms. The molecule has 0 radical (unpaired) electrons. The number of benzene rings is 1. The number of ether oxygens (including phenoxy) is 1. The number of furan rings is 1. The molecule has 7 nitrogen and oxygen atoms in total. The van der Waals surface area contributed by atoms with Crippen molar-refractivity contribution in [2.45, 2.75) is 36.7 Å². The van der Waals surface area contributed by atoms with E-state index >= 15 is 0 Å². The summed E-state index contributed by atoms with van der Waals surface area (Å²) in [6.07, 6.45) is 2.79. The van der Waals surface area contributed by atoms with Gasteiger partial charge in [0.1, 0.15) is 17.6 Å². The molecule has 0 aliphatic heterocycles. The van der Waals surface area contributed by atoms with E-state index in [0.717, 1.165) is 5.76 Å². The minimum atomic E-state index is -3.82. The Kier molecular flexibility index (Phi) is 9.22. The van der Waals surface area contributed by atoms with E-state index in [2.05, 4.69) is 10.0 Å². The second kappa shape index (κ2) is 11.4. The Bertz CT molecular complexity index is 868. The minimum absolute atomic E-state index is 0.125. The number of hydrogen-bond donors (Lipinski definition) is 2. The summed E-state index contributed by atoms with van der Waals surface area (Å²) >= 11 is 1.55. The van der Waals surface area contributed by atoms with Crippen molar-refractivity contribution in [3.63, 3.8) is 0 Å². The van der Waals surface area contributed by atoms with Gasteiger partial charge in [0.25, 0.3) is 0 Å². The molecule has 2 N–H and O–H groups in total. The maximum atomic E-state index is 13.0. The van der Waals surface area contributed by atoms with E-state index in [4.69, 9.17) is 9.15 Å². The van der Waals surface area contributed by atoms with Crippen LogP contribution in [0, 0.1) is 6.92 Å². The Morgan fingerprint density at radius 2 is 1.90 bits per heavy atom. The number of nitrogens with one attached hydrogen (secondary N) is 2. The summed E-state index contributed by atoms with van der Waals surface area (Å²) in [7, 11) is -2.23. The number of rotatable bonds is 12. The van der Waals surface area contributed by atoms with Crippen molar-refractivity contribution >= 4 is 27.7 Å². The molecular weight excluding hydrogens is 412 g/mol. The first kappa shape index (κ1) is 23.5. The van der Waals surface area contributed by atoms with Gasteiger partial charge in [-0.1, -0.05) is 18.2 Å². The van der Waals surface area contributed by atoms with Gasteiger partial charge < -0.3 is 14.5 Å². The number of sulfonamides is 1. The third-order valence-electron chi connectivity index (χ3n) is 4.31. The van der Waals surface area contributed by atoms with Gasteiger partial charge in [-0.3, -0.25) is 4.79 Å². The van der Waals surface area contributed by atoms with Gasteiger partial charge in [-0.05, 0) is 56.0 Å². The van der Waals surface area contributed by atoms with Crippen molar-refractivity contribution < 1.29 is 22.4 Å². The molecular formula is C20H28N2O5S2. The summed E-state index contributed by atoms with van der Waals surface area (Å²) in [4.78, 5) is 13.1. The molecule has 9 heteroatoms. The van der Waals surface area contributed by atoms with Crippen molar-refractivity contribution in [2.75, 3.05) is 25.7 Å². The monoisotopic (exact) mass is 440 g/mol. The van der Waals surface area contributed by atoms with E-state index in [1.807, 2.05) is 19.2 Å². The number of thioether (sulfide) groups is 1. The van der Waals surface area contributed by atoms with Crippen LogP contribution in [0.15, 0.2) is 51.8 Å².